The van der Waals surface area contributed by atoms with Gasteiger partial charge in [0.2, 0.25) is 0 Å². The fourth-order valence-electron chi connectivity index (χ4n) is 4.83. The van der Waals surface area contributed by atoms with Crippen LogP contribution in [0.5, 0.6) is 0 Å². The molecule has 0 aliphatic rings. The van der Waals surface area contributed by atoms with Crippen LogP contribution in [-0.4, -0.2) is 58.3 Å². The highest BCUT2D eigenvalue weighted by Crippen LogP contribution is 2.32. The van der Waals surface area contributed by atoms with Gasteiger partial charge < -0.3 is 24.3 Å². The molecule has 1 atom stereocenters. The molecule has 5 aromatic rings. The van der Waals surface area contributed by atoms with Gasteiger partial charge in [-0.3, -0.25) is 4.79 Å². The molecule has 0 fully saturated rings. The number of nitrogens with zero attached hydrogens (tertiary/aromatic N) is 3. The van der Waals surface area contributed by atoms with E-state index in [1.54, 1.807) is 18.6 Å². The Bertz CT molecular complexity index is 1560. The van der Waals surface area contributed by atoms with Gasteiger partial charge in [-0.2, -0.15) is 0 Å². The van der Waals surface area contributed by atoms with Crippen molar-refractivity contribution in [1.82, 2.24) is 24.8 Å². The number of nitrogens with one attached hydrogen (secondary N) is 2. The Balaban J connectivity index is 1.54. The summed E-state index contributed by atoms with van der Waals surface area (Å²) in [7, 11) is 2.72. The van der Waals surface area contributed by atoms with Crippen LogP contribution >= 0.6 is 0 Å². The van der Waals surface area contributed by atoms with Crippen LogP contribution in [0.15, 0.2) is 73.2 Å². The molecule has 9 nitrogen and oxygen atoms in total. The van der Waals surface area contributed by atoms with Crippen LogP contribution < -0.4 is 5.32 Å². The molecule has 0 saturated carbocycles. The summed E-state index contributed by atoms with van der Waals surface area (Å²) in [5.74, 6) is -0.855. The van der Waals surface area contributed by atoms with Crippen molar-refractivity contribution in [2.75, 3.05) is 20.8 Å². The lowest BCUT2D eigenvalue weighted by atomic mass is 10.1. The number of H-pyrrole nitrogens is 1. The van der Waals surface area contributed by atoms with E-state index in [0.717, 1.165) is 38.8 Å². The Morgan fingerprint density at radius 1 is 1.03 bits per heavy atom. The van der Waals surface area contributed by atoms with Gasteiger partial charge in [0.05, 0.1) is 31.8 Å². The number of ether oxygens (including phenoxy) is 2. The van der Waals surface area contributed by atoms with E-state index in [2.05, 4.69) is 44.1 Å². The molecule has 38 heavy (non-hydrogen) atoms. The summed E-state index contributed by atoms with van der Waals surface area (Å²) < 4.78 is 12.3. The van der Waals surface area contributed by atoms with E-state index in [4.69, 9.17) is 14.5 Å². The molecular formula is C29H29N5O4. The van der Waals surface area contributed by atoms with Gasteiger partial charge in [-0.25, -0.2) is 14.8 Å². The lowest BCUT2D eigenvalue weighted by Gasteiger charge is -2.16. The first-order valence-corrected chi connectivity index (χ1v) is 12.4. The number of aromatic amines is 1. The zero-order valence-corrected chi connectivity index (χ0v) is 21.3. The quantitative estimate of drug-likeness (QED) is 0.275. The number of benzene rings is 2. The topological polar surface area (TPSA) is 111 Å². The standard InChI is InChI=1S/C29H29N5O4/c1-37-28(35)24(14-20-16-30-18-32-20)31-13-12-23-27-22(15-25(33-23)29(36)38-2)21-10-6-7-11-26(21)34(27)17-19-8-4-3-5-9-19/h3-11,15-16,18,24,31H,12-14,17H2,1-2H3,(H,30,32)/t24-/m0/s1. The first kappa shape index (κ1) is 25.2. The van der Waals surface area contributed by atoms with Gasteiger partial charge in [-0.05, 0) is 17.7 Å². The van der Waals surface area contributed by atoms with E-state index in [0.29, 0.717) is 25.9 Å². The highest BCUT2D eigenvalue weighted by molar-refractivity contribution is 6.10. The SMILES string of the molecule is COC(=O)c1cc2c3ccccc3n(Cc3ccccc3)c2c(CCN[C@@H](Cc2cnc[nH]2)C(=O)OC)n1. The molecule has 5 rings (SSSR count). The molecule has 0 spiro atoms. The maximum absolute atomic E-state index is 12.6. The van der Waals surface area contributed by atoms with Crippen molar-refractivity contribution in [2.45, 2.75) is 25.4 Å². The van der Waals surface area contributed by atoms with E-state index in [1.165, 1.54) is 14.2 Å². The fourth-order valence-corrected chi connectivity index (χ4v) is 4.83. The van der Waals surface area contributed by atoms with Crippen LogP contribution in [0.3, 0.4) is 0 Å². The zero-order valence-electron chi connectivity index (χ0n) is 21.3. The van der Waals surface area contributed by atoms with Crippen LogP contribution in [0.25, 0.3) is 21.8 Å². The van der Waals surface area contributed by atoms with E-state index < -0.39 is 12.0 Å². The summed E-state index contributed by atoms with van der Waals surface area (Å²) in [6.45, 7) is 1.09. The smallest absolute Gasteiger partial charge is 0.356 e. The average Bonchev–Trinajstić information content (AvgIpc) is 3.58. The molecule has 3 heterocycles. The zero-order chi connectivity index (χ0) is 26.5. The normalized spacial score (nSPS) is 12.1. The van der Waals surface area contributed by atoms with E-state index in [-0.39, 0.29) is 11.7 Å². The van der Waals surface area contributed by atoms with E-state index in [1.807, 2.05) is 30.3 Å². The number of hydrogen-bond acceptors (Lipinski definition) is 7. The molecule has 0 radical (unpaired) electrons. The molecule has 0 unspecified atom stereocenters. The summed E-state index contributed by atoms with van der Waals surface area (Å²) in [5.41, 5.74) is 4.97. The number of hydrogen-bond donors (Lipinski definition) is 2. The van der Waals surface area contributed by atoms with Gasteiger partial charge in [0.25, 0.3) is 0 Å². The number of methoxy groups -OCH3 is 2. The number of fused-ring (bicyclic) bond motifs is 3. The number of carbonyl (C=O) groups is 2. The maximum atomic E-state index is 12.6. The van der Waals surface area contributed by atoms with E-state index >= 15 is 0 Å². The van der Waals surface area contributed by atoms with Crippen molar-refractivity contribution >= 4 is 33.7 Å². The lowest BCUT2D eigenvalue weighted by Crippen LogP contribution is -2.40. The minimum Gasteiger partial charge on any atom is -0.468 e. The summed E-state index contributed by atoms with van der Waals surface area (Å²) in [5, 5.41) is 5.27. The molecule has 0 aliphatic carbocycles. The Hall–Kier alpha value is -4.50. The highest BCUT2D eigenvalue weighted by Gasteiger charge is 2.22. The summed E-state index contributed by atoms with van der Waals surface area (Å²) in [6.07, 6.45) is 4.15. The van der Waals surface area contributed by atoms with Gasteiger partial charge in [-0.15, -0.1) is 0 Å². The first-order valence-electron chi connectivity index (χ1n) is 12.4. The second kappa shape index (κ2) is 11.3. The van der Waals surface area contributed by atoms with Gasteiger partial charge >= 0.3 is 11.9 Å². The number of pyridine rings is 1. The molecule has 0 aliphatic heterocycles. The molecule has 3 aromatic heterocycles. The van der Waals surface area contributed by atoms with Crippen molar-refractivity contribution in [1.29, 1.82) is 0 Å². The van der Waals surface area contributed by atoms with Gasteiger partial charge in [0.15, 0.2) is 0 Å². The maximum Gasteiger partial charge on any atom is 0.356 e. The third kappa shape index (κ3) is 5.14. The van der Waals surface area contributed by atoms with Gasteiger partial charge in [0, 0.05) is 54.1 Å². The monoisotopic (exact) mass is 511 g/mol. The number of rotatable bonds is 10. The third-order valence-electron chi connectivity index (χ3n) is 6.62. The average molecular weight is 512 g/mol. The summed E-state index contributed by atoms with van der Waals surface area (Å²) in [6, 6.07) is 19.6. The summed E-state index contributed by atoms with van der Waals surface area (Å²) in [4.78, 5) is 36.8. The highest BCUT2D eigenvalue weighted by atomic mass is 16.5. The predicted octanol–water partition coefficient (Wildman–Crippen LogP) is 3.66. The van der Waals surface area contributed by atoms with Gasteiger partial charge in [-0.1, -0.05) is 48.5 Å². The Labute approximate surface area is 219 Å². The summed E-state index contributed by atoms with van der Waals surface area (Å²) >= 11 is 0. The molecular weight excluding hydrogens is 482 g/mol. The number of imidazole rings is 1. The van der Waals surface area contributed by atoms with Crippen LogP contribution in [-0.2, 0) is 33.7 Å². The minimum atomic E-state index is -0.560. The molecule has 0 saturated heterocycles. The largest absolute Gasteiger partial charge is 0.468 e. The molecule has 2 aromatic carbocycles. The van der Waals surface area contributed by atoms with Crippen molar-refractivity contribution < 1.29 is 19.1 Å². The second-order valence-electron chi connectivity index (χ2n) is 8.99. The molecule has 0 amide bonds. The predicted molar refractivity (Wildman–Crippen MR) is 144 cm³/mol. The number of esters is 2. The molecule has 2 N–H and O–H groups in total. The van der Waals surface area contributed by atoms with Crippen molar-refractivity contribution in [3.05, 3.63) is 95.8 Å². The van der Waals surface area contributed by atoms with E-state index in [9.17, 15) is 9.59 Å². The van der Waals surface area contributed by atoms with Crippen LogP contribution in [0.2, 0.25) is 0 Å². The Morgan fingerprint density at radius 3 is 2.55 bits per heavy atom. The van der Waals surface area contributed by atoms with Crippen molar-refractivity contribution in [3.63, 3.8) is 0 Å². The minimum absolute atomic E-state index is 0.250. The third-order valence-corrected chi connectivity index (χ3v) is 6.62. The number of aromatic nitrogens is 4. The second-order valence-corrected chi connectivity index (χ2v) is 8.99. The molecule has 194 valence electrons. The molecule has 9 heteroatoms. The molecule has 0 bridgehead atoms. The van der Waals surface area contributed by atoms with Crippen LogP contribution in [0, 0.1) is 0 Å². The van der Waals surface area contributed by atoms with Crippen LogP contribution in [0.4, 0.5) is 0 Å². The number of para-hydroxylation sites is 1. The van der Waals surface area contributed by atoms with Crippen molar-refractivity contribution in [2.24, 2.45) is 0 Å². The van der Waals surface area contributed by atoms with Crippen molar-refractivity contribution in [3.8, 4) is 0 Å². The lowest BCUT2D eigenvalue weighted by molar-refractivity contribution is -0.143. The number of carbonyl (C=O) groups excluding carboxylic acids is 2. The van der Waals surface area contributed by atoms with Gasteiger partial charge in [0.1, 0.15) is 11.7 Å². The van der Waals surface area contributed by atoms with Crippen LogP contribution in [0.1, 0.15) is 27.4 Å². The Kier molecular flexibility index (Phi) is 7.46. The fraction of sp³-hybridized carbons (Fsp3) is 0.241. The first-order chi connectivity index (χ1) is 18.6. The Morgan fingerprint density at radius 2 is 1.82 bits per heavy atom.